The van der Waals surface area contributed by atoms with Gasteiger partial charge in [-0.2, -0.15) is 0 Å². The highest BCUT2D eigenvalue weighted by Crippen LogP contribution is 2.38. The summed E-state index contributed by atoms with van der Waals surface area (Å²) in [5, 5.41) is 4.08. The van der Waals surface area contributed by atoms with Crippen LogP contribution in [-0.2, 0) is 6.42 Å². The Morgan fingerprint density at radius 3 is 2.63 bits per heavy atom. The third-order valence-electron chi connectivity index (χ3n) is 5.98. The van der Waals surface area contributed by atoms with E-state index in [1.54, 1.807) is 0 Å². The average Bonchev–Trinajstić information content (AvgIpc) is 3.40. The van der Waals surface area contributed by atoms with Crippen LogP contribution in [0.2, 0.25) is 0 Å². The molecule has 30 heavy (non-hydrogen) atoms. The van der Waals surface area contributed by atoms with Crippen LogP contribution in [0.3, 0.4) is 0 Å². The Morgan fingerprint density at radius 1 is 1.07 bits per heavy atom. The van der Waals surface area contributed by atoms with Gasteiger partial charge < -0.3 is 18.9 Å². The lowest BCUT2D eigenvalue weighted by molar-refractivity contribution is 0.0690. The van der Waals surface area contributed by atoms with Gasteiger partial charge in [0.15, 0.2) is 17.3 Å². The van der Waals surface area contributed by atoms with Crippen LogP contribution in [-0.4, -0.2) is 35.8 Å². The van der Waals surface area contributed by atoms with Crippen LogP contribution in [0.1, 0.15) is 34.5 Å². The van der Waals surface area contributed by atoms with E-state index in [0.29, 0.717) is 34.4 Å². The van der Waals surface area contributed by atoms with Crippen molar-refractivity contribution < 1.29 is 18.8 Å². The second kappa shape index (κ2) is 7.86. The molecule has 2 aliphatic rings. The zero-order valence-electron chi connectivity index (χ0n) is 17.0. The van der Waals surface area contributed by atoms with Crippen molar-refractivity contribution in [1.82, 2.24) is 10.1 Å². The van der Waals surface area contributed by atoms with Gasteiger partial charge in [0, 0.05) is 18.7 Å². The molecule has 0 atom stereocenters. The molecule has 2 aliphatic heterocycles. The van der Waals surface area contributed by atoms with Crippen LogP contribution in [0, 0.1) is 12.8 Å². The quantitative estimate of drug-likeness (QED) is 0.642. The largest absolute Gasteiger partial charge is 0.454 e. The number of hydrogen-bond donors (Lipinski definition) is 0. The number of ether oxygens (including phenoxy) is 2. The number of aromatic nitrogens is 1. The number of amides is 1. The van der Waals surface area contributed by atoms with Crippen LogP contribution in [0.15, 0.2) is 53.1 Å². The first-order chi connectivity index (χ1) is 14.7. The Morgan fingerprint density at radius 2 is 1.83 bits per heavy atom. The first-order valence-electron chi connectivity index (χ1n) is 10.4. The molecule has 6 nitrogen and oxygen atoms in total. The zero-order valence-corrected chi connectivity index (χ0v) is 17.0. The first kappa shape index (κ1) is 18.7. The molecule has 0 saturated carbocycles. The molecule has 0 unspecified atom stereocenters. The molecule has 5 rings (SSSR count). The molecule has 0 aliphatic carbocycles. The van der Waals surface area contributed by atoms with E-state index in [4.69, 9.17) is 14.0 Å². The summed E-state index contributed by atoms with van der Waals surface area (Å²) in [6.07, 6.45) is 3.08. The lowest BCUT2D eigenvalue weighted by atomic mass is 9.90. The Bertz CT molecular complexity index is 1050. The number of hydrogen-bond acceptors (Lipinski definition) is 5. The van der Waals surface area contributed by atoms with E-state index in [1.807, 2.05) is 36.1 Å². The maximum atomic E-state index is 13.3. The Labute approximate surface area is 175 Å². The molecule has 2 aromatic carbocycles. The van der Waals surface area contributed by atoms with Gasteiger partial charge in [0.05, 0.1) is 5.69 Å². The minimum Gasteiger partial charge on any atom is -0.454 e. The fourth-order valence-corrected chi connectivity index (χ4v) is 4.30. The van der Waals surface area contributed by atoms with Gasteiger partial charge in [0.25, 0.3) is 5.91 Å². The van der Waals surface area contributed by atoms with Crippen molar-refractivity contribution in [2.45, 2.75) is 26.2 Å². The van der Waals surface area contributed by atoms with E-state index in [2.05, 4.69) is 29.4 Å². The van der Waals surface area contributed by atoms with Crippen molar-refractivity contribution in [1.29, 1.82) is 0 Å². The van der Waals surface area contributed by atoms with Crippen molar-refractivity contribution in [2.75, 3.05) is 19.9 Å². The summed E-state index contributed by atoms with van der Waals surface area (Å²) in [5.74, 6) is 2.43. The van der Waals surface area contributed by atoms with Gasteiger partial charge in [-0.1, -0.05) is 35.5 Å². The van der Waals surface area contributed by atoms with Crippen LogP contribution in [0.25, 0.3) is 11.3 Å². The predicted molar refractivity (Wildman–Crippen MR) is 112 cm³/mol. The topological polar surface area (TPSA) is 64.8 Å². The molecule has 0 N–H and O–H groups in total. The number of carbonyl (C=O) groups is 1. The lowest BCUT2D eigenvalue weighted by Gasteiger charge is -2.32. The van der Waals surface area contributed by atoms with Gasteiger partial charge in [-0.25, -0.2) is 0 Å². The molecule has 1 fully saturated rings. The summed E-state index contributed by atoms with van der Waals surface area (Å²) in [4.78, 5) is 15.3. The highest BCUT2D eigenvalue weighted by Gasteiger charge is 2.30. The number of nitrogens with zero attached hydrogens (tertiary/aromatic N) is 2. The third-order valence-corrected chi connectivity index (χ3v) is 5.98. The fraction of sp³-hybridized carbons (Fsp3) is 0.333. The average molecular weight is 404 g/mol. The molecule has 0 spiro atoms. The second-order valence-corrected chi connectivity index (χ2v) is 7.97. The summed E-state index contributed by atoms with van der Waals surface area (Å²) < 4.78 is 16.4. The number of likely N-dealkylation sites (tertiary alicyclic amines) is 1. The smallest absolute Gasteiger partial charge is 0.259 e. The minimum absolute atomic E-state index is 0.0143. The molecular weight excluding hydrogens is 380 g/mol. The van der Waals surface area contributed by atoms with Crippen LogP contribution >= 0.6 is 0 Å². The Hall–Kier alpha value is -3.28. The van der Waals surface area contributed by atoms with Crippen molar-refractivity contribution in [3.05, 3.63) is 65.4 Å². The van der Waals surface area contributed by atoms with Gasteiger partial charge in [-0.05, 0) is 55.9 Å². The molecule has 0 bridgehead atoms. The summed E-state index contributed by atoms with van der Waals surface area (Å²) in [7, 11) is 0. The normalized spacial score (nSPS) is 16.1. The van der Waals surface area contributed by atoms with Crippen LogP contribution in [0.5, 0.6) is 11.5 Å². The van der Waals surface area contributed by atoms with Crippen molar-refractivity contribution in [3.63, 3.8) is 0 Å². The van der Waals surface area contributed by atoms with E-state index >= 15 is 0 Å². The number of benzene rings is 2. The number of rotatable bonds is 4. The molecule has 3 aromatic rings. The molecule has 0 radical (unpaired) electrons. The second-order valence-electron chi connectivity index (χ2n) is 7.97. The number of piperidine rings is 1. The SMILES string of the molecule is Cc1noc(-c2ccc3c(c2)OCO3)c1C(=O)N1CCC(Cc2ccccc2)CC1. The minimum atomic E-state index is -0.0143. The van der Waals surface area contributed by atoms with Crippen molar-refractivity contribution in [2.24, 2.45) is 5.92 Å². The monoisotopic (exact) mass is 404 g/mol. The van der Waals surface area contributed by atoms with Crippen LogP contribution in [0.4, 0.5) is 0 Å². The standard InChI is InChI=1S/C24H24N2O4/c1-16-22(23(30-25-16)19-7-8-20-21(14-19)29-15-28-20)24(27)26-11-9-18(10-12-26)13-17-5-3-2-4-6-17/h2-8,14,18H,9-13,15H2,1H3. The first-order valence-corrected chi connectivity index (χ1v) is 10.4. The van der Waals surface area contributed by atoms with Gasteiger partial charge in [0.2, 0.25) is 6.79 Å². The maximum absolute atomic E-state index is 13.3. The number of fused-ring (bicyclic) bond motifs is 1. The van der Waals surface area contributed by atoms with E-state index in [0.717, 1.165) is 37.9 Å². The highest BCUT2D eigenvalue weighted by atomic mass is 16.7. The molecular formula is C24H24N2O4. The molecule has 154 valence electrons. The van der Waals surface area contributed by atoms with E-state index in [-0.39, 0.29) is 12.7 Å². The predicted octanol–water partition coefficient (Wildman–Crippen LogP) is 4.47. The molecule has 1 amide bonds. The Kier molecular flexibility index (Phi) is 4.91. The molecule has 3 heterocycles. The number of aryl methyl sites for hydroxylation is 1. The third kappa shape index (κ3) is 3.54. The summed E-state index contributed by atoms with van der Waals surface area (Å²) in [5.41, 5.74) is 3.28. The molecule has 1 aromatic heterocycles. The van der Waals surface area contributed by atoms with E-state index in [1.165, 1.54) is 5.56 Å². The van der Waals surface area contributed by atoms with Crippen LogP contribution < -0.4 is 9.47 Å². The number of carbonyl (C=O) groups excluding carboxylic acids is 1. The van der Waals surface area contributed by atoms with Gasteiger partial charge in [-0.15, -0.1) is 0 Å². The van der Waals surface area contributed by atoms with Crippen molar-refractivity contribution in [3.8, 4) is 22.8 Å². The Balaban J connectivity index is 1.31. The fourth-order valence-electron chi connectivity index (χ4n) is 4.30. The van der Waals surface area contributed by atoms with Crippen molar-refractivity contribution >= 4 is 5.91 Å². The summed E-state index contributed by atoms with van der Waals surface area (Å²) in [6, 6.07) is 16.1. The van der Waals surface area contributed by atoms with E-state index < -0.39 is 0 Å². The lowest BCUT2D eigenvalue weighted by Crippen LogP contribution is -2.39. The van der Waals surface area contributed by atoms with E-state index in [9.17, 15) is 4.79 Å². The summed E-state index contributed by atoms with van der Waals surface area (Å²) >= 11 is 0. The van der Waals surface area contributed by atoms with Gasteiger partial charge >= 0.3 is 0 Å². The molecule has 1 saturated heterocycles. The summed E-state index contributed by atoms with van der Waals surface area (Å²) in [6.45, 7) is 3.52. The van der Waals surface area contributed by atoms with Gasteiger partial charge in [-0.3, -0.25) is 4.79 Å². The van der Waals surface area contributed by atoms with Gasteiger partial charge in [0.1, 0.15) is 5.56 Å². The molecule has 6 heteroatoms. The highest BCUT2D eigenvalue weighted by molar-refractivity contribution is 6.00. The maximum Gasteiger partial charge on any atom is 0.259 e. The zero-order chi connectivity index (χ0) is 20.5.